The lowest BCUT2D eigenvalue weighted by Gasteiger charge is -2.28. The first kappa shape index (κ1) is 22.0. The summed E-state index contributed by atoms with van der Waals surface area (Å²) >= 11 is 1.59. The van der Waals surface area contributed by atoms with E-state index in [2.05, 4.69) is 24.4 Å². The van der Waals surface area contributed by atoms with Gasteiger partial charge < -0.3 is 10.2 Å². The molecule has 2 rings (SSSR count). The van der Waals surface area contributed by atoms with Crippen molar-refractivity contribution in [1.29, 1.82) is 0 Å². The van der Waals surface area contributed by atoms with Gasteiger partial charge in [-0.15, -0.1) is 11.8 Å². The van der Waals surface area contributed by atoms with Crippen molar-refractivity contribution < 1.29 is 9.59 Å². The summed E-state index contributed by atoms with van der Waals surface area (Å²) in [6.45, 7) is 8.78. The number of aryl methyl sites for hydroxylation is 2. The predicted molar refractivity (Wildman–Crippen MR) is 117 cm³/mol. The third-order valence-electron chi connectivity index (χ3n) is 4.74. The average Bonchev–Trinajstić information content (AvgIpc) is 2.68. The third kappa shape index (κ3) is 6.41. The normalized spacial score (nSPS) is 11.7. The molecule has 0 aliphatic rings. The van der Waals surface area contributed by atoms with E-state index in [9.17, 15) is 9.59 Å². The van der Waals surface area contributed by atoms with Gasteiger partial charge >= 0.3 is 0 Å². The maximum absolute atomic E-state index is 13.0. The Morgan fingerprint density at radius 3 is 2.39 bits per heavy atom. The summed E-state index contributed by atoms with van der Waals surface area (Å²) in [6.07, 6.45) is 0. The van der Waals surface area contributed by atoms with Gasteiger partial charge in [0, 0.05) is 18.8 Å². The number of amides is 2. The third-order valence-corrected chi connectivity index (χ3v) is 5.70. The maximum atomic E-state index is 13.0. The van der Waals surface area contributed by atoms with Crippen molar-refractivity contribution in [3.63, 3.8) is 0 Å². The molecule has 0 saturated carbocycles. The van der Waals surface area contributed by atoms with Crippen LogP contribution in [0.25, 0.3) is 0 Å². The quantitative estimate of drug-likeness (QED) is 0.692. The van der Waals surface area contributed by atoms with Crippen molar-refractivity contribution in [1.82, 2.24) is 10.2 Å². The van der Waals surface area contributed by atoms with Crippen molar-refractivity contribution >= 4 is 23.6 Å². The summed E-state index contributed by atoms with van der Waals surface area (Å²) in [5.41, 5.74) is 4.67. The Labute approximate surface area is 172 Å². The summed E-state index contributed by atoms with van der Waals surface area (Å²) < 4.78 is 0. The number of carbonyl (C=O) groups excluding carboxylic acids is 2. The largest absolute Gasteiger partial charge is 0.355 e. The number of thioether (sulfide) groups is 1. The molecule has 0 fully saturated rings. The van der Waals surface area contributed by atoms with Crippen LogP contribution < -0.4 is 5.32 Å². The summed E-state index contributed by atoms with van der Waals surface area (Å²) in [5, 5.41) is 2.83. The molecule has 0 bridgehead atoms. The van der Waals surface area contributed by atoms with Crippen LogP contribution in [0, 0.1) is 13.8 Å². The number of carbonyl (C=O) groups is 2. The first-order chi connectivity index (χ1) is 13.4. The van der Waals surface area contributed by atoms with Crippen LogP contribution in [0.4, 0.5) is 0 Å². The highest BCUT2D eigenvalue weighted by molar-refractivity contribution is 7.99. The average molecular weight is 399 g/mol. The van der Waals surface area contributed by atoms with Crippen LogP contribution in [0.2, 0.25) is 0 Å². The Balaban J connectivity index is 2.05. The van der Waals surface area contributed by atoms with E-state index in [1.165, 1.54) is 16.7 Å². The van der Waals surface area contributed by atoms with Crippen molar-refractivity contribution in [3.8, 4) is 0 Å². The van der Waals surface area contributed by atoms with E-state index >= 15 is 0 Å². The molecular formula is C23H30N2O2S. The van der Waals surface area contributed by atoms with Gasteiger partial charge in [0.15, 0.2) is 0 Å². The number of hydrogen-bond acceptors (Lipinski definition) is 3. The molecule has 0 radical (unpaired) electrons. The van der Waals surface area contributed by atoms with Gasteiger partial charge in [-0.25, -0.2) is 0 Å². The zero-order valence-corrected chi connectivity index (χ0v) is 18.0. The molecule has 0 heterocycles. The van der Waals surface area contributed by atoms with Crippen LogP contribution in [0.15, 0.2) is 48.5 Å². The number of rotatable bonds is 9. The van der Waals surface area contributed by atoms with Crippen molar-refractivity contribution in [3.05, 3.63) is 70.8 Å². The lowest BCUT2D eigenvalue weighted by molar-refractivity contribution is -0.138. The van der Waals surface area contributed by atoms with E-state index in [1.54, 1.807) is 23.6 Å². The molecule has 5 heteroatoms. The molecule has 0 saturated heterocycles. The summed E-state index contributed by atoms with van der Waals surface area (Å²) in [4.78, 5) is 27.0. The van der Waals surface area contributed by atoms with Gasteiger partial charge in [-0.2, -0.15) is 0 Å². The van der Waals surface area contributed by atoms with E-state index in [1.807, 2.05) is 50.2 Å². The van der Waals surface area contributed by atoms with E-state index in [0.29, 0.717) is 18.8 Å². The Morgan fingerprint density at radius 1 is 1.07 bits per heavy atom. The van der Waals surface area contributed by atoms with Crippen molar-refractivity contribution in [2.45, 2.75) is 46.0 Å². The molecule has 2 aromatic rings. The van der Waals surface area contributed by atoms with Crippen LogP contribution in [0.3, 0.4) is 0 Å². The number of likely N-dealkylation sites (N-methyl/N-ethyl adjacent to an activating group) is 1. The zero-order chi connectivity index (χ0) is 20.5. The van der Waals surface area contributed by atoms with Gasteiger partial charge in [-0.05, 0) is 44.4 Å². The molecule has 2 amide bonds. The predicted octanol–water partition coefficient (Wildman–Crippen LogP) is 4.09. The SMILES string of the molecule is CCNC(=O)[C@@H](C)N(Cc1ccc(C)cc1)C(=O)CSCc1ccccc1C. The van der Waals surface area contributed by atoms with Crippen molar-refractivity contribution in [2.75, 3.05) is 12.3 Å². The molecule has 0 unspecified atom stereocenters. The summed E-state index contributed by atoms with van der Waals surface area (Å²) in [5.74, 6) is 1.00. The second-order valence-electron chi connectivity index (χ2n) is 7.00. The Hall–Kier alpha value is -2.27. The van der Waals surface area contributed by atoms with E-state index in [0.717, 1.165) is 11.3 Å². The molecule has 1 N–H and O–H groups in total. The summed E-state index contributed by atoms with van der Waals surface area (Å²) in [7, 11) is 0. The van der Waals surface area contributed by atoms with Gasteiger partial charge in [0.2, 0.25) is 11.8 Å². The first-order valence-corrected chi connectivity index (χ1v) is 10.8. The fourth-order valence-electron chi connectivity index (χ4n) is 2.90. The topological polar surface area (TPSA) is 49.4 Å². The second-order valence-corrected chi connectivity index (χ2v) is 7.98. The van der Waals surface area contributed by atoms with Crippen molar-refractivity contribution in [2.24, 2.45) is 0 Å². The Bertz CT molecular complexity index is 789. The standard InChI is InChI=1S/C23H30N2O2S/c1-5-24-23(27)19(4)25(14-20-12-10-17(2)11-13-20)22(26)16-28-15-21-9-7-6-8-18(21)3/h6-13,19H,5,14-16H2,1-4H3,(H,24,27)/t19-/m1/s1. The minimum Gasteiger partial charge on any atom is -0.355 e. The molecule has 0 aliphatic carbocycles. The van der Waals surface area contributed by atoms with E-state index < -0.39 is 6.04 Å². The highest BCUT2D eigenvalue weighted by atomic mass is 32.2. The molecular weight excluding hydrogens is 368 g/mol. The molecule has 28 heavy (non-hydrogen) atoms. The minimum absolute atomic E-state index is 0.0158. The summed E-state index contributed by atoms with van der Waals surface area (Å²) in [6, 6.07) is 15.8. The fraction of sp³-hybridized carbons (Fsp3) is 0.391. The maximum Gasteiger partial charge on any atom is 0.242 e. The lowest BCUT2D eigenvalue weighted by atomic mass is 10.1. The zero-order valence-electron chi connectivity index (χ0n) is 17.2. The van der Waals surface area contributed by atoms with Gasteiger partial charge in [-0.3, -0.25) is 9.59 Å². The molecule has 4 nitrogen and oxygen atoms in total. The van der Waals surface area contributed by atoms with E-state index in [-0.39, 0.29) is 11.8 Å². The Morgan fingerprint density at radius 2 is 1.75 bits per heavy atom. The van der Waals surface area contributed by atoms with Crippen LogP contribution in [-0.2, 0) is 21.9 Å². The highest BCUT2D eigenvalue weighted by Gasteiger charge is 2.25. The van der Waals surface area contributed by atoms with Gasteiger partial charge in [-0.1, -0.05) is 54.1 Å². The van der Waals surface area contributed by atoms with Gasteiger partial charge in [0.25, 0.3) is 0 Å². The molecule has 1 atom stereocenters. The minimum atomic E-state index is -0.507. The fourth-order valence-corrected chi connectivity index (χ4v) is 3.88. The van der Waals surface area contributed by atoms with Crippen LogP contribution >= 0.6 is 11.8 Å². The molecule has 0 aromatic heterocycles. The molecule has 2 aromatic carbocycles. The first-order valence-electron chi connectivity index (χ1n) is 9.67. The monoisotopic (exact) mass is 398 g/mol. The lowest BCUT2D eigenvalue weighted by Crippen LogP contribution is -2.48. The second kappa shape index (κ2) is 10.9. The van der Waals surface area contributed by atoms with Crippen LogP contribution in [-0.4, -0.2) is 35.1 Å². The van der Waals surface area contributed by atoms with Gasteiger partial charge in [0.1, 0.15) is 6.04 Å². The number of benzene rings is 2. The Kier molecular flexibility index (Phi) is 8.58. The van der Waals surface area contributed by atoms with Crippen LogP contribution in [0.5, 0.6) is 0 Å². The molecule has 150 valence electrons. The molecule has 0 aliphatic heterocycles. The number of hydrogen-bond donors (Lipinski definition) is 1. The van der Waals surface area contributed by atoms with Gasteiger partial charge in [0.05, 0.1) is 5.75 Å². The van der Waals surface area contributed by atoms with Crippen LogP contribution in [0.1, 0.15) is 36.1 Å². The number of nitrogens with one attached hydrogen (secondary N) is 1. The smallest absolute Gasteiger partial charge is 0.242 e. The molecule has 0 spiro atoms. The highest BCUT2D eigenvalue weighted by Crippen LogP contribution is 2.18. The van der Waals surface area contributed by atoms with E-state index in [4.69, 9.17) is 0 Å². The number of nitrogens with zero attached hydrogens (tertiary/aromatic N) is 1.